The highest BCUT2D eigenvalue weighted by atomic mass is 16.7. The molecule has 1 saturated carbocycles. The molecule has 0 aromatic carbocycles. The maximum Gasteiger partial charge on any atom is 0.147 e. The highest BCUT2D eigenvalue weighted by molar-refractivity contribution is 4.85. The summed E-state index contributed by atoms with van der Waals surface area (Å²) in [7, 11) is 2.23. The van der Waals surface area contributed by atoms with Crippen LogP contribution in [0.2, 0.25) is 0 Å². The summed E-state index contributed by atoms with van der Waals surface area (Å²) in [5.41, 5.74) is 0. The smallest absolute Gasteiger partial charge is 0.147 e. The van der Waals surface area contributed by atoms with E-state index in [1.807, 2.05) is 0 Å². The van der Waals surface area contributed by atoms with E-state index in [9.17, 15) is 0 Å². The Kier molecular flexibility index (Phi) is 4.58. The Hall–Kier alpha value is -0.160. The monoisotopic (exact) mass is 228 g/mol. The molecule has 2 rings (SSSR count). The highest BCUT2D eigenvalue weighted by Crippen LogP contribution is 2.26. The van der Waals surface area contributed by atoms with Gasteiger partial charge >= 0.3 is 0 Å². The molecule has 1 aliphatic carbocycles. The lowest BCUT2D eigenvalue weighted by molar-refractivity contribution is -0.137. The van der Waals surface area contributed by atoms with E-state index >= 15 is 0 Å². The third-order valence-corrected chi connectivity index (χ3v) is 3.60. The molecular formula is C12H24N2O2. The highest BCUT2D eigenvalue weighted by Gasteiger charge is 2.28. The van der Waals surface area contributed by atoms with Crippen molar-refractivity contribution in [3.63, 3.8) is 0 Å². The standard InChI is InChI=1S/C12H24N2O2/c1-10(14(2)11-3-4-11)7-13-8-12-5-6-15-9-16-12/h10-13H,3-9H2,1-2H3. The van der Waals surface area contributed by atoms with Crippen LogP contribution < -0.4 is 5.32 Å². The van der Waals surface area contributed by atoms with Crippen molar-refractivity contribution in [3.8, 4) is 0 Å². The van der Waals surface area contributed by atoms with E-state index in [1.165, 1.54) is 12.8 Å². The Balaban J connectivity index is 1.55. The van der Waals surface area contributed by atoms with E-state index in [0.717, 1.165) is 32.2 Å². The molecule has 0 bridgehead atoms. The first-order chi connectivity index (χ1) is 7.77. The molecule has 4 heteroatoms. The van der Waals surface area contributed by atoms with Gasteiger partial charge in [-0.15, -0.1) is 0 Å². The van der Waals surface area contributed by atoms with Crippen molar-refractivity contribution >= 4 is 0 Å². The molecule has 1 heterocycles. The minimum atomic E-state index is 0.340. The van der Waals surface area contributed by atoms with E-state index < -0.39 is 0 Å². The molecule has 1 aliphatic heterocycles. The number of ether oxygens (including phenoxy) is 2. The van der Waals surface area contributed by atoms with Crippen LogP contribution in [0.3, 0.4) is 0 Å². The van der Waals surface area contributed by atoms with Gasteiger partial charge in [0.25, 0.3) is 0 Å². The van der Waals surface area contributed by atoms with Gasteiger partial charge in [-0.2, -0.15) is 0 Å². The summed E-state index contributed by atoms with van der Waals surface area (Å²) in [6.07, 6.45) is 4.11. The molecule has 2 atom stereocenters. The van der Waals surface area contributed by atoms with Crippen LogP contribution in [0.15, 0.2) is 0 Å². The van der Waals surface area contributed by atoms with Crippen molar-refractivity contribution in [3.05, 3.63) is 0 Å². The third-order valence-electron chi connectivity index (χ3n) is 3.60. The summed E-state index contributed by atoms with van der Waals surface area (Å²) < 4.78 is 10.6. The molecule has 4 nitrogen and oxygen atoms in total. The van der Waals surface area contributed by atoms with Crippen LogP contribution in [0.5, 0.6) is 0 Å². The molecule has 2 fully saturated rings. The van der Waals surface area contributed by atoms with E-state index in [0.29, 0.717) is 18.9 Å². The van der Waals surface area contributed by atoms with Gasteiger partial charge in [0, 0.05) is 25.2 Å². The number of nitrogens with zero attached hydrogens (tertiary/aromatic N) is 1. The zero-order valence-electron chi connectivity index (χ0n) is 10.4. The predicted octanol–water partition coefficient (Wildman–Crippen LogP) is 0.822. The number of hydrogen-bond acceptors (Lipinski definition) is 4. The van der Waals surface area contributed by atoms with E-state index in [4.69, 9.17) is 9.47 Å². The SMILES string of the molecule is CC(CNCC1CCOCO1)N(C)C1CC1. The van der Waals surface area contributed by atoms with Gasteiger partial charge in [0.15, 0.2) is 0 Å². The van der Waals surface area contributed by atoms with Crippen molar-refractivity contribution < 1.29 is 9.47 Å². The normalized spacial score (nSPS) is 28.3. The minimum absolute atomic E-state index is 0.340. The maximum absolute atomic E-state index is 5.48. The lowest BCUT2D eigenvalue weighted by Gasteiger charge is -2.27. The van der Waals surface area contributed by atoms with Gasteiger partial charge in [-0.25, -0.2) is 0 Å². The second-order valence-corrected chi connectivity index (χ2v) is 5.01. The molecule has 16 heavy (non-hydrogen) atoms. The molecule has 0 radical (unpaired) electrons. The minimum Gasteiger partial charge on any atom is -0.355 e. The van der Waals surface area contributed by atoms with Gasteiger partial charge in [-0.3, -0.25) is 4.90 Å². The van der Waals surface area contributed by atoms with Crippen molar-refractivity contribution in [2.24, 2.45) is 0 Å². The second kappa shape index (κ2) is 5.96. The van der Waals surface area contributed by atoms with Gasteiger partial charge in [-0.05, 0) is 33.2 Å². The molecule has 2 unspecified atom stereocenters. The average molecular weight is 228 g/mol. The molecule has 2 aliphatic rings. The maximum atomic E-state index is 5.48. The molecule has 0 aromatic rings. The van der Waals surface area contributed by atoms with Gasteiger partial charge in [0.05, 0.1) is 12.7 Å². The number of rotatable bonds is 6. The van der Waals surface area contributed by atoms with Crippen LogP contribution in [0.4, 0.5) is 0 Å². The molecule has 1 N–H and O–H groups in total. The topological polar surface area (TPSA) is 33.7 Å². The first kappa shape index (κ1) is 12.3. The molecule has 1 saturated heterocycles. The zero-order valence-corrected chi connectivity index (χ0v) is 10.4. The van der Waals surface area contributed by atoms with Crippen LogP contribution >= 0.6 is 0 Å². The summed E-state index contributed by atoms with van der Waals surface area (Å²) >= 11 is 0. The number of hydrogen-bond donors (Lipinski definition) is 1. The fourth-order valence-electron chi connectivity index (χ4n) is 2.10. The van der Waals surface area contributed by atoms with Crippen LogP contribution in [-0.4, -0.2) is 56.6 Å². The van der Waals surface area contributed by atoms with Gasteiger partial charge < -0.3 is 14.8 Å². The molecular weight excluding hydrogens is 204 g/mol. The Morgan fingerprint density at radius 3 is 2.81 bits per heavy atom. The van der Waals surface area contributed by atoms with Gasteiger partial charge in [-0.1, -0.05) is 0 Å². The Bertz CT molecular complexity index is 203. The van der Waals surface area contributed by atoms with Gasteiger partial charge in [0.1, 0.15) is 6.79 Å². The van der Waals surface area contributed by atoms with Crippen LogP contribution in [0.1, 0.15) is 26.2 Å². The fraction of sp³-hybridized carbons (Fsp3) is 1.00. The first-order valence-electron chi connectivity index (χ1n) is 6.39. The van der Waals surface area contributed by atoms with E-state index in [-0.39, 0.29) is 0 Å². The molecule has 0 spiro atoms. The van der Waals surface area contributed by atoms with E-state index in [2.05, 4.69) is 24.2 Å². The van der Waals surface area contributed by atoms with Crippen LogP contribution in [0, 0.1) is 0 Å². The second-order valence-electron chi connectivity index (χ2n) is 5.01. The third kappa shape index (κ3) is 3.70. The molecule has 0 aromatic heterocycles. The lowest BCUT2D eigenvalue weighted by atomic mass is 10.2. The quantitative estimate of drug-likeness (QED) is 0.730. The summed E-state index contributed by atoms with van der Waals surface area (Å²) in [6, 6.07) is 1.46. The first-order valence-corrected chi connectivity index (χ1v) is 6.39. The summed E-state index contributed by atoms with van der Waals surface area (Å²) in [5, 5.41) is 3.50. The van der Waals surface area contributed by atoms with Crippen LogP contribution in [-0.2, 0) is 9.47 Å². The van der Waals surface area contributed by atoms with Gasteiger partial charge in [0.2, 0.25) is 0 Å². The van der Waals surface area contributed by atoms with Crippen molar-refractivity contribution in [2.75, 3.05) is 33.5 Å². The zero-order chi connectivity index (χ0) is 11.4. The largest absolute Gasteiger partial charge is 0.355 e. The van der Waals surface area contributed by atoms with E-state index in [1.54, 1.807) is 0 Å². The van der Waals surface area contributed by atoms with Crippen molar-refractivity contribution in [1.29, 1.82) is 0 Å². The van der Waals surface area contributed by atoms with Crippen LogP contribution in [0.25, 0.3) is 0 Å². The summed E-state index contributed by atoms with van der Waals surface area (Å²) in [5.74, 6) is 0. The summed E-state index contributed by atoms with van der Waals surface area (Å²) in [6.45, 7) is 5.59. The lowest BCUT2D eigenvalue weighted by Crippen LogP contribution is -2.42. The summed E-state index contributed by atoms with van der Waals surface area (Å²) in [4.78, 5) is 2.48. The van der Waals surface area contributed by atoms with Crippen molar-refractivity contribution in [2.45, 2.75) is 44.4 Å². The Morgan fingerprint density at radius 1 is 1.38 bits per heavy atom. The Morgan fingerprint density at radius 2 is 2.19 bits per heavy atom. The fourth-order valence-corrected chi connectivity index (χ4v) is 2.10. The molecule has 94 valence electrons. The van der Waals surface area contributed by atoms with Crippen molar-refractivity contribution in [1.82, 2.24) is 10.2 Å². The number of nitrogens with one attached hydrogen (secondary N) is 1. The molecule has 0 amide bonds. The average Bonchev–Trinajstić information content (AvgIpc) is 3.13. The number of likely N-dealkylation sites (N-methyl/N-ethyl adjacent to an activating group) is 1. The Labute approximate surface area is 98.3 Å². The predicted molar refractivity (Wildman–Crippen MR) is 63.4 cm³/mol.